The quantitative estimate of drug-likeness (QED) is 0.575. The van der Waals surface area contributed by atoms with Crippen LogP contribution in [0.1, 0.15) is 19.4 Å². The molecule has 0 saturated heterocycles. The molecule has 0 fully saturated rings. The fourth-order valence-electron chi connectivity index (χ4n) is 0.957. The summed E-state index contributed by atoms with van der Waals surface area (Å²) in [6.45, 7) is 7.69. The van der Waals surface area contributed by atoms with Gasteiger partial charge in [-0.2, -0.15) is 5.10 Å². The van der Waals surface area contributed by atoms with Crippen molar-refractivity contribution in [3.63, 3.8) is 0 Å². The first-order valence-electron chi connectivity index (χ1n) is 4.80. The molecule has 1 rings (SSSR count). The predicted octanol–water partition coefficient (Wildman–Crippen LogP) is 2.82. The van der Waals surface area contributed by atoms with E-state index in [4.69, 9.17) is 0 Å². The van der Waals surface area contributed by atoms with Crippen molar-refractivity contribution in [2.24, 2.45) is 5.10 Å². The number of benzene rings is 1. The Morgan fingerprint density at radius 2 is 1.86 bits per heavy atom. The Morgan fingerprint density at radius 3 is 2.29 bits per heavy atom. The molecule has 0 amide bonds. The summed E-state index contributed by atoms with van der Waals surface area (Å²) in [5, 5.41) is 4.06. The lowest BCUT2D eigenvalue weighted by atomic mass is 10.1. The van der Waals surface area contributed by atoms with Crippen LogP contribution in [0, 0.1) is 0 Å². The Bertz CT molecular complexity index is 276. The lowest BCUT2D eigenvalue weighted by Crippen LogP contribution is -2.03. The molecule has 0 aromatic heterocycles. The summed E-state index contributed by atoms with van der Waals surface area (Å²) < 4.78 is 0. The predicted molar refractivity (Wildman–Crippen MR) is 63.6 cm³/mol. The second kappa shape index (κ2) is 8.05. The molecule has 0 radical (unpaired) electrons. The van der Waals surface area contributed by atoms with E-state index in [1.807, 2.05) is 44.2 Å². The summed E-state index contributed by atoms with van der Waals surface area (Å²) in [4.78, 5) is 0. The minimum absolute atomic E-state index is 0.859. The Labute approximate surface area is 86.4 Å². The molecule has 0 bridgehead atoms. The lowest BCUT2D eigenvalue weighted by Gasteiger charge is -1.99. The summed E-state index contributed by atoms with van der Waals surface area (Å²) in [7, 11) is 1.77. The van der Waals surface area contributed by atoms with Gasteiger partial charge in [0.25, 0.3) is 0 Å². The Morgan fingerprint density at radius 1 is 1.29 bits per heavy atom. The maximum absolute atomic E-state index is 4.06. The van der Waals surface area contributed by atoms with Gasteiger partial charge in [0.05, 0.1) is 5.71 Å². The van der Waals surface area contributed by atoms with Gasteiger partial charge in [-0.25, -0.2) is 0 Å². The van der Waals surface area contributed by atoms with Crippen LogP contribution in [0.25, 0.3) is 0 Å². The van der Waals surface area contributed by atoms with Gasteiger partial charge < -0.3 is 5.43 Å². The van der Waals surface area contributed by atoms with E-state index in [0.717, 1.165) is 11.3 Å². The van der Waals surface area contributed by atoms with Gasteiger partial charge in [0, 0.05) is 12.6 Å². The first kappa shape index (κ1) is 12.4. The number of hydrazone groups is 1. The van der Waals surface area contributed by atoms with E-state index in [9.17, 15) is 0 Å². The average molecular weight is 190 g/mol. The highest BCUT2D eigenvalue weighted by Gasteiger charge is 1.95. The third kappa shape index (κ3) is 3.90. The van der Waals surface area contributed by atoms with E-state index >= 15 is 0 Å². The van der Waals surface area contributed by atoms with Gasteiger partial charge in [-0.3, -0.25) is 0 Å². The molecule has 76 valence electrons. The van der Waals surface area contributed by atoms with Crippen molar-refractivity contribution in [2.75, 3.05) is 7.05 Å². The summed E-state index contributed by atoms with van der Waals surface area (Å²) >= 11 is 0. The zero-order valence-electron chi connectivity index (χ0n) is 9.12. The van der Waals surface area contributed by atoms with Crippen LogP contribution in [0.2, 0.25) is 0 Å². The van der Waals surface area contributed by atoms with Crippen LogP contribution in [0.4, 0.5) is 0 Å². The largest absolute Gasteiger partial charge is 0.313 e. The second-order valence-electron chi connectivity index (χ2n) is 2.29. The van der Waals surface area contributed by atoms with Gasteiger partial charge >= 0.3 is 0 Å². The van der Waals surface area contributed by atoms with Crippen LogP contribution >= 0.6 is 0 Å². The molecule has 0 atom stereocenters. The molecule has 1 aromatic rings. The molecule has 2 nitrogen and oxygen atoms in total. The summed E-state index contributed by atoms with van der Waals surface area (Å²) in [5.41, 5.74) is 4.66. The van der Waals surface area contributed by atoms with Crippen molar-refractivity contribution in [3.8, 4) is 0 Å². The highest BCUT2D eigenvalue weighted by atomic mass is 15.3. The number of rotatable bonds is 3. The Kier molecular flexibility index (Phi) is 7.15. The van der Waals surface area contributed by atoms with Gasteiger partial charge in [0.15, 0.2) is 0 Å². The van der Waals surface area contributed by atoms with Crippen molar-refractivity contribution in [3.05, 3.63) is 48.6 Å². The maximum atomic E-state index is 4.06. The Hall–Kier alpha value is -1.57. The van der Waals surface area contributed by atoms with E-state index in [-0.39, 0.29) is 0 Å². The third-order valence-corrected chi connectivity index (χ3v) is 1.50. The number of hydrogen-bond donors (Lipinski definition) is 1. The molecule has 0 aliphatic heterocycles. The molecule has 0 aliphatic carbocycles. The van der Waals surface area contributed by atoms with Crippen molar-refractivity contribution in [1.29, 1.82) is 0 Å². The van der Waals surface area contributed by atoms with E-state index in [2.05, 4.69) is 17.1 Å². The SMILES string of the molecule is C=C/C(=N\NC)c1ccccc1.CC. The zero-order valence-corrected chi connectivity index (χ0v) is 9.12. The second-order valence-corrected chi connectivity index (χ2v) is 2.29. The topological polar surface area (TPSA) is 24.4 Å². The van der Waals surface area contributed by atoms with Gasteiger partial charge in [0.1, 0.15) is 0 Å². The van der Waals surface area contributed by atoms with Gasteiger partial charge in [-0.05, 0) is 6.08 Å². The number of nitrogens with zero attached hydrogens (tertiary/aromatic N) is 1. The van der Waals surface area contributed by atoms with Crippen molar-refractivity contribution in [2.45, 2.75) is 13.8 Å². The molecule has 14 heavy (non-hydrogen) atoms. The smallest absolute Gasteiger partial charge is 0.0895 e. The van der Waals surface area contributed by atoms with Gasteiger partial charge in [-0.15, -0.1) is 0 Å². The van der Waals surface area contributed by atoms with Crippen LogP contribution in [-0.4, -0.2) is 12.8 Å². The van der Waals surface area contributed by atoms with Crippen molar-refractivity contribution < 1.29 is 0 Å². The standard InChI is InChI=1S/C10H12N2.C2H6/c1-3-10(12-11-2)9-7-5-4-6-8-9;1-2/h3-8,11H,1H2,2H3;1-2H3/b12-10+;. The maximum Gasteiger partial charge on any atom is 0.0895 e. The zero-order chi connectivity index (χ0) is 10.8. The fourth-order valence-corrected chi connectivity index (χ4v) is 0.957. The van der Waals surface area contributed by atoms with Crippen molar-refractivity contribution >= 4 is 5.71 Å². The summed E-state index contributed by atoms with van der Waals surface area (Å²) in [5.74, 6) is 0. The number of hydrogen-bond acceptors (Lipinski definition) is 2. The normalized spacial score (nSPS) is 9.79. The molecule has 2 heteroatoms. The highest BCUT2D eigenvalue weighted by molar-refractivity contribution is 6.08. The molecule has 0 spiro atoms. The molecular formula is C12H18N2. The molecule has 0 saturated carbocycles. The fraction of sp³-hybridized carbons (Fsp3) is 0.250. The molecular weight excluding hydrogens is 172 g/mol. The minimum Gasteiger partial charge on any atom is -0.313 e. The molecule has 1 aromatic carbocycles. The van der Waals surface area contributed by atoms with Gasteiger partial charge in [0.2, 0.25) is 0 Å². The highest BCUT2D eigenvalue weighted by Crippen LogP contribution is 2.00. The van der Waals surface area contributed by atoms with Crippen LogP contribution in [0.5, 0.6) is 0 Å². The lowest BCUT2D eigenvalue weighted by molar-refractivity contribution is 0.903. The van der Waals surface area contributed by atoms with Crippen LogP contribution < -0.4 is 5.43 Å². The average Bonchev–Trinajstić information content (AvgIpc) is 2.30. The van der Waals surface area contributed by atoms with E-state index in [0.29, 0.717) is 0 Å². The molecule has 0 heterocycles. The van der Waals surface area contributed by atoms with Crippen LogP contribution in [-0.2, 0) is 0 Å². The van der Waals surface area contributed by atoms with E-state index in [1.165, 1.54) is 0 Å². The van der Waals surface area contributed by atoms with E-state index in [1.54, 1.807) is 13.1 Å². The van der Waals surface area contributed by atoms with Crippen LogP contribution in [0.3, 0.4) is 0 Å². The monoisotopic (exact) mass is 190 g/mol. The Balaban J connectivity index is 0.000000791. The molecule has 1 N–H and O–H groups in total. The van der Waals surface area contributed by atoms with Crippen molar-refractivity contribution in [1.82, 2.24) is 5.43 Å². The molecule has 0 aliphatic rings. The summed E-state index contributed by atoms with van der Waals surface area (Å²) in [6, 6.07) is 9.92. The number of nitrogens with one attached hydrogen (secondary N) is 1. The van der Waals surface area contributed by atoms with Crippen LogP contribution in [0.15, 0.2) is 48.1 Å². The summed E-state index contributed by atoms with van der Waals surface area (Å²) in [6.07, 6.45) is 1.73. The molecule has 0 unspecified atom stereocenters. The third-order valence-electron chi connectivity index (χ3n) is 1.50. The number of allylic oxidation sites excluding steroid dienone is 1. The van der Waals surface area contributed by atoms with E-state index < -0.39 is 0 Å². The van der Waals surface area contributed by atoms with Gasteiger partial charge in [-0.1, -0.05) is 50.8 Å². The minimum atomic E-state index is 0.859. The first-order chi connectivity index (χ1) is 6.88. The first-order valence-corrected chi connectivity index (χ1v) is 4.80.